The second-order valence-corrected chi connectivity index (χ2v) is 11.0. The molecule has 1 saturated heterocycles. The molecule has 1 atom stereocenters. The van der Waals surface area contributed by atoms with E-state index in [4.69, 9.17) is 5.11 Å². The van der Waals surface area contributed by atoms with Crippen molar-refractivity contribution in [2.24, 2.45) is 0 Å². The van der Waals surface area contributed by atoms with Crippen molar-refractivity contribution in [1.29, 1.82) is 0 Å². The zero-order valence-corrected chi connectivity index (χ0v) is 20.2. The average Bonchev–Trinajstić information content (AvgIpc) is 3.02. The molecule has 180 valence electrons. The van der Waals surface area contributed by atoms with E-state index in [0.29, 0.717) is 0 Å². The van der Waals surface area contributed by atoms with Crippen molar-refractivity contribution in [3.63, 3.8) is 0 Å². The molecule has 1 fully saturated rings. The van der Waals surface area contributed by atoms with Gasteiger partial charge in [-0.05, 0) is 12.8 Å². The number of aliphatic hydroxyl groups is 1. The molecule has 1 aliphatic rings. The van der Waals surface area contributed by atoms with Gasteiger partial charge in [-0.3, -0.25) is 14.5 Å². The van der Waals surface area contributed by atoms with E-state index in [1.165, 1.54) is 83.2 Å². The molecule has 1 N–H and O–H groups in total. The van der Waals surface area contributed by atoms with Crippen LogP contribution < -0.4 is 0 Å². The fourth-order valence-electron chi connectivity index (χ4n) is 3.97. The predicted octanol–water partition coefficient (Wildman–Crippen LogP) is 4.91. The summed E-state index contributed by atoms with van der Waals surface area (Å²) in [6.45, 7) is 1.71. The Morgan fingerprint density at radius 2 is 1.35 bits per heavy atom. The number of rotatable bonds is 19. The molecule has 0 aromatic heterocycles. The third kappa shape index (κ3) is 11.3. The Bertz CT molecular complexity index is 644. The smallest absolute Gasteiger partial charge is 0.252 e. The highest BCUT2D eigenvalue weighted by molar-refractivity contribution is 7.92. The van der Waals surface area contributed by atoms with Gasteiger partial charge in [0.05, 0.1) is 18.8 Å². The molecule has 7 heteroatoms. The molecule has 1 rings (SSSR count). The van der Waals surface area contributed by atoms with Gasteiger partial charge in [0, 0.05) is 6.20 Å². The first-order chi connectivity index (χ1) is 14.9. The van der Waals surface area contributed by atoms with Gasteiger partial charge in [-0.15, -0.1) is 0 Å². The lowest BCUT2D eigenvalue weighted by Gasteiger charge is -2.10. The van der Waals surface area contributed by atoms with Crippen LogP contribution in [0, 0.1) is 0 Å². The summed E-state index contributed by atoms with van der Waals surface area (Å²) >= 11 is 0. The topological polar surface area (TPSA) is 91.8 Å². The number of imide groups is 1. The maximum Gasteiger partial charge on any atom is 0.252 e. The second-order valence-electron chi connectivity index (χ2n) is 8.65. The summed E-state index contributed by atoms with van der Waals surface area (Å²) < 4.78 is 23.9. The monoisotopic (exact) mass is 457 g/mol. The quantitative estimate of drug-likeness (QED) is 0.220. The van der Waals surface area contributed by atoms with Gasteiger partial charge in [0.15, 0.2) is 9.84 Å². The maximum atomic E-state index is 12.2. The number of unbranched alkanes of at least 4 members (excludes halogenated alkanes) is 14. The van der Waals surface area contributed by atoms with E-state index in [1.54, 1.807) is 6.08 Å². The molecular weight excluding hydrogens is 414 g/mol. The van der Waals surface area contributed by atoms with Gasteiger partial charge in [-0.2, -0.15) is 0 Å². The average molecular weight is 458 g/mol. The Labute approximate surface area is 189 Å². The molecule has 6 nitrogen and oxygen atoms in total. The number of hydrogen-bond donors (Lipinski definition) is 1. The Hall–Kier alpha value is -1.21. The Morgan fingerprint density at radius 1 is 0.871 bits per heavy atom. The SMILES string of the molecule is CCCCCCCCCCCCCCCCC=CN1C(=O)CC(S(=O)(=O)CCO)C1=O. The molecule has 1 heterocycles. The lowest BCUT2D eigenvalue weighted by Crippen LogP contribution is -2.33. The number of aliphatic hydroxyl groups excluding tert-OH is 1. The summed E-state index contributed by atoms with van der Waals surface area (Å²) in [5.74, 6) is -1.68. The molecule has 0 aromatic carbocycles. The molecule has 1 unspecified atom stereocenters. The zero-order valence-electron chi connectivity index (χ0n) is 19.4. The van der Waals surface area contributed by atoms with E-state index in [-0.39, 0.29) is 6.42 Å². The van der Waals surface area contributed by atoms with Crippen LogP contribution >= 0.6 is 0 Å². The lowest BCUT2D eigenvalue weighted by molar-refractivity contribution is -0.135. The van der Waals surface area contributed by atoms with Crippen LogP contribution in [0.4, 0.5) is 0 Å². The van der Waals surface area contributed by atoms with Gasteiger partial charge in [0.25, 0.3) is 5.91 Å². The number of nitrogens with zero attached hydrogens (tertiary/aromatic N) is 1. The fraction of sp³-hybridized carbons (Fsp3) is 0.833. The highest BCUT2D eigenvalue weighted by atomic mass is 32.2. The Balaban J connectivity index is 2.04. The first kappa shape index (κ1) is 27.8. The van der Waals surface area contributed by atoms with Crippen LogP contribution in [0.1, 0.15) is 110 Å². The van der Waals surface area contributed by atoms with Crippen molar-refractivity contribution in [3.8, 4) is 0 Å². The molecule has 2 amide bonds. The molecule has 0 bridgehead atoms. The fourth-order valence-corrected chi connectivity index (χ4v) is 5.32. The number of carbonyl (C=O) groups is 2. The van der Waals surface area contributed by atoms with Crippen LogP contribution in [0.5, 0.6) is 0 Å². The maximum absolute atomic E-state index is 12.2. The summed E-state index contributed by atoms with van der Waals surface area (Å²) in [7, 11) is -3.78. The number of amides is 2. The zero-order chi connectivity index (χ0) is 23.0. The normalized spacial score (nSPS) is 17.4. The van der Waals surface area contributed by atoms with Crippen LogP contribution in [-0.2, 0) is 19.4 Å². The lowest BCUT2D eigenvalue weighted by atomic mass is 10.0. The summed E-state index contributed by atoms with van der Waals surface area (Å²) in [4.78, 5) is 25.1. The van der Waals surface area contributed by atoms with Crippen LogP contribution in [0.3, 0.4) is 0 Å². The van der Waals surface area contributed by atoms with Crippen molar-refractivity contribution in [3.05, 3.63) is 12.3 Å². The van der Waals surface area contributed by atoms with Gasteiger partial charge in [-0.25, -0.2) is 8.42 Å². The van der Waals surface area contributed by atoms with Crippen molar-refractivity contribution in [2.45, 2.75) is 115 Å². The largest absolute Gasteiger partial charge is 0.395 e. The van der Waals surface area contributed by atoms with Crippen LogP contribution in [0.25, 0.3) is 0 Å². The van der Waals surface area contributed by atoms with Crippen molar-refractivity contribution < 1.29 is 23.1 Å². The van der Waals surface area contributed by atoms with E-state index in [2.05, 4.69) is 6.92 Å². The van der Waals surface area contributed by atoms with Crippen molar-refractivity contribution in [2.75, 3.05) is 12.4 Å². The van der Waals surface area contributed by atoms with Gasteiger partial charge in [0.2, 0.25) is 5.91 Å². The summed E-state index contributed by atoms with van der Waals surface area (Å²) in [5, 5.41) is 7.49. The highest BCUT2D eigenvalue weighted by Crippen LogP contribution is 2.21. The molecule has 1 aliphatic heterocycles. The van der Waals surface area contributed by atoms with E-state index < -0.39 is 39.3 Å². The number of carbonyl (C=O) groups excluding carboxylic acids is 2. The first-order valence-corrected chi connectivity index (χ1v) is 14.0. The first-order valence-electron chi connectivity index (χ1n) is 12.3. The standard InChI is InChI=1S/C24H43NO5S/c1-2-3-4-5-6-7-8-9-10-11-12-13-14-15-16-17-18-25-23(27)21-22(24(25)28)31(29,30)20-19-26/h17-18,22,26H,2-16,19-21H2,1H3. The van der Waals surface area contributed by atoms with Crippen LogP contribution in [-0.4, -0.2) is 47.8 Å². The third-order valence-electron chi connectivity index (χ3n) is 5.93. The molecular formula is C24H43NO5S. The minimum atomic E-state index is -3.78. The third-order valence-corrected chi connectivity index (χ3v) is 7.92. The Morgan fingerprint density at radius 3 is 1.84 bits per heavy atom. The van der Waals surface area contributed by atoms with Crippen molar-refractivity contribution in [1.82, 2.24) is 4.90 Å². The van der Waals surface area contributed by atoms with E-state index >= 15 is 0 Å². The van der Waals surface area contributed by atoms with E-state index in [9.17, 15) is 18.0 Å². The summed E-state index contributed by atoms with van der Waals surface area (Å²) in [6.07, 6.45) is 21.8. The molecule has 0 spiro atoms. The van der Waals surface area contributed by atoms with Gasteiger partial charge in [-0.1, -0.05) is 96.5 Å². The second kappa shape index (κ2) is 16.4. The molecule has 0 aliphatic carbocycles. The van der Waals surface area contributed by atoms with Crippen LogP contribution in [0.2, 0.25) is 0 Å². The number of sulfone groups is 1. The summed E-state index contributed by atoms with van der Waals surface area (Å²) in [6, 6.07) is 0. The van der Waals surface area contributed by atoms with Gasteiger partial charge in [0.1, 0.15) is 5.25 Å². The molecule has 0 saturated carbocycles. The molecule has 0 radical (unpaired) electrons. The Kier molecular flexibility index (Phi) is 14.7. The van der Waals surface area contributed by atoms with Crippen molar-refractivity contribution >= 4 is 21.7 Å². The number of likely N-dealkylation sites (tertiary alicyclic amines) is 1. The van der Waals surface area contributed by atoms with Gasteiger partial charge < -0.3 is 5.11 Å². The predicted molar refractivity (Wildman–Crippen MR) is 125 cm³/mol. The van der Waals surface area contributed by atoms with Crippen LogP contribution in [0.15, 0.2) is 12.3 Å². The van der Waals surface area contributed by atoms with E-state index in [1.807, 2.05) is 0 Å². The molecule has 0 aromatic rings. The van der Waals surface area contributed by atoms with Gasteiger partial charge >= 0.3 is 0 Å². The highest BCUT2D eigenvalue weighted by Gasteiger charge is 2.44. The minimum Gasteiger partial charge on any atom is -0.395 e. The van der Waals surface area contributed by atoms with E-state index in [0.717, 1.165) is 24.2 Å². The molecule has 31 heavy (non-hydrogen) atoms. The number of hydrogen-bond acceptors (Lipinski definition) is 5. The number of allylic oxidation sites excluding steroid dienone is 1. The summed E-state index contributed by atoms with van der Waals surface area (Å²) in [5.41, 5.74) is 0. The minimum absolute atomic E-state index is 0.329.